The summed E-state index contributed by atoms with van der Waals surface area (Å²) in [5.74, 6) is 0. The molecule has 1 aromatic carbocycles. The van der Waals surface area contributed by atoms with Crippen molar-refractivity contribution >= 4 is 0 Å². The van der Waals surface area contributed by atoms with E-state index in [4.69, 9.17) is 0 Å². The molecule has 0 radical (unpaired) electrons. The van der Waals surface area contributed by atoms with E-state index in [-0.39, 0.29) is 6.10 Å². The zero-order valence-corrected chi connectivity index (χ0v) is 7.96. The maximum atomic E-state index is 9.31. The molecule has 0 aliphatic carbocycles. The molecule has 0 aliphatic rings. The summed E-state index contributed by atoms with van der Waals surface area (Å²) < 4.78 is 0. The van der Waals surface area contributed by atoms with Crippen LogP contribution in [-0.2, 0) is 6.42 Å². The Morgan fingerprint density at radius 3 is 2.50 bits per heavy atom. The van der Waals surface area contributed by atoms with Gasteiger partial charge in [-0.3, -0.25) is 0 Å². The Labute approximate surface area is 74.1 Å². The molecule has 0 aromatic heterocycles. The molecule has 1 atom stereocenters. The normalized spacial score (nSPS) is 13.0. The second kappa shape index (κ2) is 3.72. The SMILES string of the molecule is CCc1ccc(C(C)O)cc1C. The molecule has 1 unspecified atom stereocenters. The Hall–Kier alpha value is -0.820. The zero-order valence-electron chi connectivity index (χ0n) is 7.96. The lowest BCUT2D eigenvalue weighted by Gasteiger charge is -2.08. The Morgan fingerprint density at radius 2 is 2.08 bits per heavy atom. The molecule has 66 valence electrons. The number of aryl methyl sites for hydroxylation is 2. The van der Waals surface area contributed by atoms with E-state index in [1.165, 1.54) is 11.1 Å². The van der Waals surface area contributed by atoms with Gasteiger partial charge in [0.05, 0.1) is 6.10 Å². The lowest BCUT2D eigenvalue weighted by Crippen LogP contribution is -1.94. The summed E-state index contributed by atoms with van der Waals surface area (Å²) in [6, 6.07) is 6.15. The third-order valence-electron chi connectivity index (χ3n) is 2.23. The van der Waals surface area contributed by atoms with Crippen LogP contribution in [0.4, 0.5) is 0 Å². The average Bonchev–Trinajstić information content (AvgIpc) is 2.04. The van der Waals surface area contributed by atoms with Crippen LogP contribution in [0.3, 0.4) is 0 Å². The monoisotopic (exact) mass is 164 g/mol. The van der Waals surface area contributed by atoms with Crippen LogP contribution in [0.15, 0.2) is 18.2 Å². The van der Waals surface area contributed by atoms with Crippen LogP contribution in [0.25, 0.3) is 0 Å². The smallest absolute Gasteiger partial charge is 0.0762 e. The fourth-order valence-electron chi connectivity index (χ4n) is 1.38. The highest BCUT2D eigenvalue weighted by Crippen LogP contribution is 2.16. The summed E-state index contributed by atoms with van der Waals surface area (Å²) in [6.45, 7) is 6.02. The third kappa shape index (κ3) is 1.86. The van der Waals surface area contributed by atoms with Gasteiger partial charge >= 0.3 is 0 Å². The predicted molar refractivity (Wildman–Crippen MR) is 51.2 cm³/mol. The topological polar surface area (TPSA) is 20.2 Å². The Morgan fingerprint density at radius 1 is 1.42 bits per heavy atom. The first-order valence-electron chi connectivity index (χ1n) is 4.42. The van der Waals surface area contributed by atoms with E-state index in [2.05, 4.69) is 26.0 Å². The number of hydrogen-bond donors (Lipinski definition) is 1. The summed E-state index contributed by atoms with van der Waals surface area (Å²) >= 11 is 0. The molecule has 0 saturated heterocycles. The summed E-state index contributed by atoms with van der Waals surface area (Å²) in [5, 5.41) is 9.31. The van der Waals surface area contributed by atoms with Gasteiger partial charge in [0.1, 0.15) is 0 Å². The van der Waals surface area contributed by atoms with E-state index in [0.717, 1.165) is 12.0 Å². The van der Waals surface area contributed by atoms with Gasteiger partial charge < -0.3 is 5.11 Å². The zero-order chi connectivity index (χ0) is 9.14. The predicted octanol–water partition coefficient (Wildman–Crippen LogP) is 2.61. The lowest BCUT2D eigenvalue weighted by molar-refractivity contribution is 0.199. The van der Waals surface area contributed by atoms with E-state index in [1.807, 2.05) is 6.07 Å². The Balaban J connectivity index is 3.02. The van der Waals surface area contributed by atoms with Crippen LogP contribution >= 0.6 is 0 Å². The van der Waals surface area contributed by atoms with Gasteiger partial charge in [-0.05, 0) is 37.0 Å². The molecule has 0 bridgehead atoms. The third-order valence-corrected chi connectivity index (χ3v) is 2.23. The fraction of sp³-hybridized carbons (Fsp3) is 0.455. The van der Waals surface area contributed by atoms with E-state index in [1.54, 1.807) is 6.92 Å². The maximum absolute atomic E-state index is 9.31. The molecule has 0 saturated carbocycles. The van der Waals surface area contributed by atoms with Gasteiger partial charge in [0, 0.05) is 0 Å². The van der Waals surface area contributed by atoms with Crippen molar-refractivity contribution in [2.75, 3.05) is 0 Å². The molecule has 12 heavy (non-hydrogen) atoms. The maximum Gasteiger partial charge on any atom is 0.0762 e. The largest absolute Gasteiger partial charge is 0.389 e. The molecular weight excluding hydrogens is 148 g/mol. The van der Waals surface area contributed by atoms with Crippen LogP contribution in [0.2, 0.25) is 0 Å². The van der Waals surface area contributed by atoms with Crippen molar-refractivity contribution < 1.29 is 5.11 Å². The first-order valence-corrected chi connectivity index (χ1v) is 4.42. The Bertz CT molecular complexity index is 264. The van der Waals surface area contributed by atoms with Gasteiger partial charge in [-0.25, -0.2) is 0 Å². The molecule has 0 fully saturated rings. The van der Waals surface area contributed by atoms with Crippen molar-refractivity contribution in [1.82, 2.24) is 0 Å². The van der Waals surface area contributed by atoms with Gasteiger partial charge in [-0.1, -0.05) is 25.1 Å². The number of hydrogen-bond acceptors (Lipinski definition) is 1. The fourth-order valence-corrected chi connectivity index (χ4v) is 1.38. The second-order valence-corrected chi connectivity index (χ2v) is 3.22. The first-order chi connectivity index (χ1) is 5.65. The standard InChI is InChI=1S/C11H16O/c1-4-10-5-6-11(9(3)12)7-8(10)2/h5-7,9,12H,4H2,1-3H3. The van der Waals surface area contributed by atoms with E-state index >= 15 is 0 Å². The van der Waals surface area contributed by atoms with E-state index in [0.29, 0.717) is 0 Å². The van der Waals surface area contributed by atoms with Gasteiger partial charge in [-0.15, -0.1) is 0 Å². The number of aliphatic hydroxyl groups excluding tert-OH is 1. The molecule has 0 spiro atoms. The molecule has 1 rings (SSSR count). The highest BCUT2D eigenvalue weighted by molar-refractivity contribution is 5.31. The van der Waals surface area contributed by atoms with Gasteiger partial charge in [0.25, 0.3) is 0 Å². The molecule has 0 amide bonds. The Kier molecular flexibility index (Phi) is 2.88. The van der Waals surface area contributed by atoms with Crippen molar-refractivity contribution in [2.45, 2.75) is 33.3 Å². The summed E-state index contributed by atoms with van der Waals surface area (Å²) in [4.78, 5) is 0. The van der Waals surface area contributed by atoms with Crippen molar-refractivity contribution in [3.63, 3.8) is 0 Å². The highest BCUT2D eigenvalue weighted by Gasteiger charge is 2.02. The minimum Gasteiger partial charge on any atom is -0.389 e. The number of aliphatic hydroxyl groups is 1. The number of benzene rings is 1. The molecule has 1 aromatic rings. The van der Waals surface area contributed by atoms with Gasteiger partial charge in [-0.2, -0.15) is 0 Å². The highest BCUT2D eigenvalue weighted by atomic mass is 16.3. The van der Waals surface area contributed by atoms with Crippen LogP contribution in [0.5, 0.6) is 0 Å². The molecule has 1 heteroatoms. The van der Waals surface area contributed by atoms with Gasteiger partial charge in [0.15, 0.2) is 0 Å². The van der Waals surface area contributed by atoms with Gasteiger partial charge in [0.2, 0.25) is 0 Å². The minimum absolute atomic E-state index is 0.352. The molecular formula is C11H16O. The van der Waals surface area contributed by atoms with Crippen LogP contribution in [0.1, 0.15) is 36.6 Å². The summed E-state index contributed by atoms with van der Waals surface area (Å²) in [5.41, 5.74) is 3.64. The molecule has 1 N–H and O–H groups in total. The molecule has 1 nitrogen and oxygen atoms in total. The van der Waals surface area contributed by atoms with E-state index < -0.39 is 0 Å². The second-order valence-electron chi connectivity index (χ2n) is 3.22. The van der Waals surface area contributed by atoms with Crippen LogP contribution in [0, 0.1) is 6.92 Å². The van der Waals surface area contributed by atoms with Crippen LogP contribution < -0.4 is 0 Å². The van der Waals surface area contributed by atoms with Crippen molar-refractivity contribution in [1.29, 1.82) is 0 Å². The van der Waals surface area contributed by atoms with Crippen molar-refractivity contribution in [2.24, 2.45) is 0 Å². The van der Waals surface area contributed by atoms with Crippen LogP contribution in [-0.4, -0.2) is 5.11 Å². The average molecular weight is 164 g/mol. The molecule has 0 aliphatic heterocycles. The van der Waals surface area contributed by atoms with Crippen molar-refractivity contribution in [3.8, 4) is 0 Å². The molecule has 0 heterocycles. The quantitative estimate of drug-likeness (QED) is 0.712. The lowest BCUT2D eigenvalue weighted by atomic mass is 10.0. The number of rotatable bonds is 2. The van der Waals surface area contributed by atoms with Crippen molar-refractivity contribution in [3.05, 3.63) is 34.9 Å². The minimum atomic E-state index is -0.352. The summed E-state index contributed by atoms with van der Waals surface area (Å²) in [6.07, 6.45) is 0.709. The van der Waals surface area contributed by atoms with E-state index in [9.17, 15) is 5.11 Å². The first kappa shape index (κ1) is 9.27. The summed E-state index contributed by atoms with van der Waals surface area (Å²) in [7, 11) is 0.